The average Bonchev–Trinajstić information content (AvgIpc) is 3.00. The van der Waals surface area contributed by atoms with E-state index in [4.69, 9.17) is 9.47 Å². The minimum Gasteiger partial charge on any atom is -0.489 e. The molecule has 29 heavy (non-hydrogen) atoms. The van der Waals surface area contributed by atoms with Gasteiger partial charge in [-0.2, -0.15) is 0 Å². The second kappa shape index (κ2) is 8.51. The van der Waals surface area contributed by atoms with E-state index in [1.165, 1.54) is 12.1 Å². The summed E-state index contributed by atoms with van der Waals surface area (Å²) >= 11 is 0. The van der Waals surface area contributed by atoms with E-state index in [1.807, 2.05) is 0 Å². The molecule has 0 aromatic heterocycles. The van der Waals surface area contributed by atoms with Gasteiger partial charge < -0.3 is 19.7 Å². The molecule has 0 spiro atoms. The van der Waals surface area contributed by atoms with Gasteiger partial charge in [0.2, 0.25) is 5.91 Å². The van der Waals surface area contributed by atoms with Gasteiger partial charge in [0, 0.05) is 18.7 Å². The predicted octanol–water partition coefficient (Wildman–Crippen LogP) is 4.03. The molecule has 6 nitrogen and oxygen atoms in total. The molecule has 2 aromatic carbocycles. The average molecular weight is 400 g/mol. The molecular weight excluding hydrogens is 375 g/mol. The summed E-state index contributed by atoms with van der Waals surface area (Å²) < 4.78 is 23.9. The fourth-order valence-corrected chi connectivity index (χ4v) is 3.00. The first-order chi connectivity index (χ1) is 13.7. The minimum atomic E-state index is -0.587. The summed E-state index contributed by atoms with van der Waals surface area (Å²) in [4.78, 5) is 25.9. The molecule has 0 bridgehead atoms. The smallest absolute Gasteiger partial charge is 0.407 e. The molecule has 1 aliphatic rings. The van der Waals surface area contributed by atoms with Crippen LogP contribution in [0.1, 0.15) is 32.8 Å². The van der Waals surface area contributed by atoms with Gasteiger partial charge >= 0.3 is 6.09 Å². The molecule has 1 unspecified atom stereocenters. The zero-order chi connectivity index (χ0) is 21.0. The largest absolute Gasteiger partial charge is 0.489 e. The Morgan fingerprint density at radius 2 is 1.79 bits per heavy atom. The third-order valence-electron chi connectivity index (χ3n) is 4.31. The van der Waals surface area contributed by atoms with Crippen LogP contribution in [0, 0.1) is 5.82 Å². The van der Waals surface area contributed by atoms with Crippen molar-refractivity contribution in [2.24, 2.45) is 0 Å². The van der Waals surface area contributed by atoms with Crippen molar-refractivity contribution < 1.29 is 23.5 Å². The van der Waals surface area contributed by atoms with Gasteiger partial charge in [0.15, 0.2) is 0 Å². The number of ether oxygens (including phenoxy) is 2. The van der Waals surface area contributed by atoms with E-state index in [0.717, 1.165) is 11.3 Å². The molecule has 3 rings (SSSR count). The van der Waals surface area contributed by atoms with E-state index in [1.54, 1.807) is 62.1 Å². The van der Waals surface area contributed by atoms with Crippen LogP contribution in [-0.2, 0) is 16.1 Å². The molecular formula is C22H25FN2O4. The highest BCUT2D eigenvalue weighted by atomic mass is 19.1. The van der Waals surface area contributed by atoms with Crippen LogP contribution in [0.4, 0.5) is 14.9 Å². The van der Waals surface area contributed by atoms with Crippen molar-refractivity contribution in [3.63, 3.8) is 0 Å². The van der Waals surface area contributed by atoms with Crippen LogP contribution in [0.2, 0.25) is 0 Å². The monoisotopic (exact) mass is 400 g/mol. The second-order valence-corrected chi connectivity index (χ2v) is 7.96. The van der Waals surface area contributed by atoms with Gasteiger partial charge in [0.1, 0.15) is 23.8 Å². The summed E-state index contributed by atoms with van der Waals surface area (Å²) in [5, 5.41) is 2.74. The number of carbonyl (C=O) groups is 2. The van der Waals surface area contributed by atoms with Crippen LogP contribution < -0.4 is 15.0 Å². The Bertz CT molecular complexity index is 860. The van der Waals surface area contributed by atoms with E-state index in [-0.39, 0.29) is 24.2 Å². The van der Waals surface area contributed by atoms with Gasteiger partial charge in [-0.15, -0.1) is 0 Å². The third-order valence-corrected chi connectivity index (χ3v) is 4.31. The van der Waals surface area contributed by atoms with Crippen LogP contribution in [0.5, 0.6) is 5.75 Å². The SMILES string of the molecule is CC(C)(C)OC(=O)NC1CC(=O)N(c2ccc(OCc3ccc(F)cc3)cc2)C1. The van der Waals surface area contributed by atoms with Crippen LogP contribution in [0.25, 0.3) is 0 Å². The summed E-state index contributed by atoms with van der Waals surface area (Å²) in [6.07, 6.45) is -0.302. The number of benzene rings is 2. The Morgan fingerprint density at radius 1 is 1.14 bits per heavy atom. The van der Waals surface area contributed by atoms with E-state index in [9.17, 15) is 14.0 Å². The molecule has 0 saturated carbocycles. The van der Waals surface area contributed by atoms with Crippen LogP contribution in [-0.4, -0.2) is 30.2 Å². The van der Waals surface area contributed by atoms with E-state index >= 15 is 0 Å². The first-order valence-electron chi connectivity index (χ1n) is 9.47. The lowest BCUT2D eigenvalue weighted by Gasteiger charge is -2.22. The number of halogens is 1. The highest BCUT2D eigenvalue weighted by Gasteiger charge is 2.32. The molecule has 1 atom stereocenters. The molecule has 2 aromatic rings. The summed E-state index contributed by atoms with van der Waals surface area (Å²) in [5.41, 5.74) is 1.01. The van der Waals surface area contributed by atoms with Crippen molar-refractivity contribution in [2.45, 2.75) is 45.4 Å². The van der Waals surface area contributed by atoms with Crippen molar-refractivity contribution in [2.75, 3.05) is 11.4 Å². The minimum absolute atomic E-state index is 0.0639. The Kier molecular flexibility index (Phi) is 6.06. The van der Waals surface area contributed by atoms with Crippen molar-refractivity contribution >= 4 is 17.7 Å². The van der Waals surface area contributed by atoms with Crippen LogP contribution in [0.15, 0.2) is 48.5 Å². The standard InChI is InChI=1S/C22H25FN2O4/c1-22(2,3)29-21(27)24-17-12-20(26)25(13-17)18-8-10-19(11-9-18)28-14-15-4-6-16(23)7-5-15/h4-11,17H,12-14H2,1-3H3,(H,24,27). The highest BCUT2D eigenvalue weighted by molar-refractivity contribution is 5.96. The predicted molar refractivity (Wildman–Crippen MR) is 107 cm³/mol. The number of hydrogen-bond acceptors (Lipinski definition) is 4. The van der Waals surface area contributed by atoms with E-state index < -0.39 is 11.7 Å². The van der Waals surface area contributed by atoms with Crippen molar-refractivity contribution in [3.05, 3.63) is 59.9 Å². The van der Waals surface area contributed by atoms with E-state index in [0.29, 0.717) is 18.9 Å². The number of amides is 2. The van der Waals surface area contributed by atoms with Crippen molar-refractivity contribution in [3.8, 4) is 5.75 Å². The number of carbonyl (C=O) groups excluding carboxylic acids is 2. The van der Waals surface area contributed by atoms with Gasteiger partial charge in [-0.05, 0) is 62.7 Å². The topological polar surface area (TPSA) is 67.9 Å². The fourth-order valence-electron chi connectivity index (χ4n) is 3.00. The fraction of sp³-hybridized carbons (Fsp3) is 0.364. The lowest BCUT2D eigenvalue weighted by molar-refractivity contribution is -0.117. The maximum absolute atomic E-state index is 12.9. The summed E-state index contributed by atoms with van der Waals surface area (Å²) in [6.45, 7) is 6.08. The number of nitrogens with zero attached hydrogens (tertiary/aromatic N) is 1. The summed E-state index contributed by atoms with van der Waals surface area (Å²) in [7, 11) is 0. The number of rotatable bonds is 5. The molecule has 1 fully saturated rings. The Hall–Kier alpha value is -3.09. The van der Waals surface area contributed by atoms with Gasteiger partial charge in [0.05, 0.1) is 6.04 Å². The molecule has 1 saturated heterocycles. The Labute approximate surface area is 169 Å². The molecule has 0 radical (unpaired) electrons. The second-order valence-electron chi connectivity index (χ2n) is 7.96. The maximum Gasteiger partial charge on any atom is 0.407 e. The van der Waals surface area contributed by atoms with Crippen LogP contribution >= 0.6 is 0 Å². The maximum atomic E-state index is 12.9. The molecule has 2 amide bonds. The zero-order valence-electron chi connectivity index (χ0n) is 16.8. The Balaban J connectivity index is 1.54. The first kappa shape index (κ1) is 20.6. The molecule has 154 valence electrons. The Morgan fingerprint density at radius 3 is 2.41 bits per heavy atom. The summed E-state index contributed by atoms with van der Waals surface area (Å²) in [5.74, 6) is 0.298. The lowest BCUT2D eigenvalue weighted by atomic mass is 10.2. The lowest BCUT2D eigenvalue weighted by Crippen LogP contribution is -2.40. The highest BCUT2D eigenvalue weighted by Crippen LogP contribution is 2.25. The number of hydrogen-bond donors (Lipinski definition) is 1. The molecule has 7 heteroatoms. The van der Waals surface area contributed by atoms with Gasteiger partial charge in [-0.3, -0.25) is 4.79 Å². The summed E-state index contributed by atoms with van der Waals surface area (Å²) in [6, 6.07) is 13.0. The number of anilines is 1. The zero-order valence-corrected chi connectivity index (χ0v) is 16.8. The van der Waals surface area contributed by atoms with E-state index in [2.05, 4.69) is 5.32 Å². The van der Waals surface area contributed by atoms with Crippen molar-refractivity contribution in [1.82, 2.24) is 5.32 Å². The van der Waals surface area contributed by atoms with Gasteiger partial charge in [0.25, 0.3) is 0 Å². The number of nitrogens with one attached hydrogen (secondary N) is 1. The van der Waals surface area contributed by atoms with Crippen LogP contribution in [0.3, 0.4) is 0 Å². The normalized spacial score (nSPS) is 16.6. The molecule has 1 heterocycles. The number of alkyl carbamates (subject to hydrolysis) is 1. The first-order valence-corrected chi connectivity index (χ1v) is 9.47. The third kappa shape index (κ3) is 5.94. The molecule has 1 aliphatic heterocycles. The van der Waals surface area contributed by atoms with Crippen molar-refractivity contribution in [1.29, 1.82) is 0 Å². The van der Waals surface area contributed by atoms with Gasteiger partial charge in [-0.1, -0.05) is 12.1 Å². The van der Waals surface area contributed by atoms with Gasteiger partial charge in [-0.25, -0.2) is 9.18 Å². The quantitative estimate of drug-likeness (QED) is 0.823. The molecule has 0 aliphatic carbocycles. The molecule has 1 N–H and O–H groups in total.